The first-order valence-corrected chi connectivity index (χ1v) is 7.52. The highest BCUT2D eigenvalue weighted by Gasteiger charge is 2.11. The summed E-state index contributed by atoms with van der Waals surface area (Å²) in [5.41, 5.74) is 1.47. The number of aryl methyl sites for hydroxylation is 2. The average Bonchev–Trinajstić information content (AvgIpc) is 2.62. The molecule has 1 amide bonds. The second-order valence-corrected chi connectivity index (χ2v) is 5.24. The Bertz CT molecular complexity index is 363. The number of aromatic nitrogens is 2. The van der Waals surface area contributed by atoms with Crippen molar-refractivity contribution in [1.29, 1.82) is 0 Å². The van der Waals surface area contributed by atoms with E-state index in [1.54, 1.807) is 10.9 Å². The van der Waals surface area contributed by atoms with Gasteiger partial charge in [-0.15, -0.1) is 0 Å². The van der Waals surface area contributed by atoms with E-state index >= 15 is 0 Å². The number of halogens is 1. The fourth-order valence-electron chi connectivity index (χ4n) is 1.69. The molecule has 0 fully saturated rings. The van der Waals surface area contributed by atoms with Gasteiger partial charge in [0.15, 0.2) is 0 Å². The van der Waals surface area contributed by atoms with E-state index in [0.29, 0.717) is 5.56 Å². The number of nitrogens with zero attached hydrogens (tertiary/aromatic N) is 2. The molecule has 0 bridgehead atoms. The van der Waals surface area contributed by atoms with Crippen molar-refractivity contribution >= 4 is 28.5 Å². The number of carbonyl (C=O) groups is 1. The van der Waals surface area contributed by atoms with Crippen LogP contribution in [0.3, 0.4) is 0 Å². The Labute approximate surface area is 116 Å². The molecule has 0 radical (unpaired) electrons. The molecule has 5 heteroatoms. The highest BCUT2D eigenvalue weighted by atomic mass is 127. The molecule has 0 atom stereocenters. The maximum atomic E-state index is 11.8. The molecule has 0 aliphatic rings. The molecule has 0 spiro atoms. The third-order valence-corrected chi connectivity index (χ3v) is 3.37. The van der Waals surface area contributed by atoms with Gasteiger partial charge in [-0.1, -0.05) is 35.4 Å². The Balaban J connectivity index is 2.23. The van der Waals surface area contributed by atoms with Crippen molar-refractivity contribution in [3.05, 3.63) is 17.5 Å². The molecule has 17 heavy (non-hydrogen) atoms. The van der Waals surface area contributed by atoms with Gasteiger partial charge in [0.2, 0.25) is 0 Å². The van der Waals surface area contributed by atoms with Crippen LogP contribution in [0.4, 0.5) is 0 Å². The second-order valence-electron chi connectivity index (χ2n) is 4.16. The van der Waals surface area contributed by atoms with Crippen LogP contribution in [0, 0.1) is 6.92 Å². The van der Waals surface area contributed by atoms with Crippen molar-refractivity contribution in [2.24, 2.45) is 7.05 Å². The lowest BCUT2D eigenvalue weighted by Crippen LogP contribution is -2.24. The minimum Gasteiger partial charge on any atom is -0.352 e. The highest BCUT2D eigenvalue weighted by molar-refractivity contribution is 14.1. The fourth-order valence-corrected chi connectivity index (χ4v) is 2.23. The molecule has 1 heterocycles. The van der Waals surface area contributed by atoms with Gasteiger partial charge in [0.25, 0.3) is 5.91 Å². The van der Waals surface area contributed by atoms with E-state index in [-0.39, 0.29) is 5.91 Å². The summed E-state index contributed by atoms with van der Waals surface area (Å²) < 4.78 is 2.89. The molecule has 0 saturated heterocycles. The number of unbranched alkanes of at least 4 members (excludes halogenated alkanes) is 3. The van der Waals surface area contributed by atoms with Crippen molar-refractivity contribution < 1.29 is 4.79 Å². The Morgan fingerprint density at radius 3 is 2.71 bits per heavy atom. The van der Waals surface area contributed by atoms with Crippen molar-refractivity contribution in [2.45, 2.75) is 32.6 Å². The van der Waals surface area contributed by atoms with E-state index in [1.807, 2.05) is 14.0 Å². The zero-order chi connectivity index (χ0) is 12.7. The number of rotatable bonds is 7. The summed E-state index contributed by atoms with van der Waals surface area (Å²) in [5.74, 6) is -0.00973. The number of amides is 1. The van der Waals surface area contributed by atoms with E-state index < -0.39 is 0 Å². The minimum atomic E-state index is -0.00973. The molecule has 4 nitrogen and oxygen atoms in total. The van der Waals surface area contributed by atoms with Crippen LogP contribution < -0.4 is 5.32 Å². The summed E-state index contributed by atoms with van der Waals surface area (Å²) in [7, 11) is 1.83. The predicted octanol–water partition coefficient (Wildman–Crippen LogP) is 2.45. The van der Waals surface area contributed by atoms with Gasteiger partial charge in [0, 0.05) is 19.8 Å². The van der Waals surface area contributed by atoms with Crippen LogP contribution in [0.25, 0.3) is 0 Å². The highest BCUT2D eigenvalue weighted by Crippen LogP contribution is 2.05. The molecule has 96 valence electrons. The van der Waals surface area contributed by atoms with Gasteiger partial charge < -0.3 is 5.32 Å². The maximum absolute atomic E-state index is 11.8. The predicted molar refractivity (Wildman–Crippen MR) is 77.6 cm³/mol. The summed E-state index contributed by atoms with van der Waals surface area (Å²) >= 11 is 2.39. The van der Waals surface area contributed by atoms with Crippen LogP contribution in [-0.4, -0.2) is 26.7 Å². The van der Waals surface area contributed by atoms with Gasteiger partial charge in [-0.3, -0.25) is 9.48 Å². The van der Waals surface area contributed by atoms with Gasteiger partial charge in [-0.05, 0) is 24.2 Å². The van der Waals surface area contributed by atoms with E-state index in [9.17, 15) is 4.79 Å². The summed E-state index contributed by atoms with van der Waals surface area (Å²) in [6.07, 6.45) is 6.54. The molecular formula is C12H20IN3O. The number of alkyl halides is 1. The molecule has 0 aromatic carbocycles. The molecule has 0 saturated carbocycles. The van der Waals surface area contributed by atoms with E-state index in [0.717, 1.165) is 18.7 Å². The largest absolute Gasteiger partial charge is 0.352 e. The average molecular weight is 349 g/mol. The van der Waals surface area contributed by atoms with E-state index in [2.05, 4.69) is 33.0 Å². The molecule has 1 aromatic heterocycles. The maximum Gasteiger partial charge on any atom is 0.254 e. The minimum absolute atomic E-state index is 0.00973. The Morgan fingerprint density at radius 1 is 1.41 bits per heavy atom. The topological polar surface area (TPSA) is 46.9 Å². The van der Waals surface area contributed by atoms with Crippen LogP contribution in [0.1, 0.15) is 41.7 Å². The van der Waals surface area contributed by atoms with Crippen molar-refractivity contribution in [3.8, 4) is 0 Å². The van der Waals surface area contributed by atoms with Crippen LogP contribution >= 0.6 is 22.6 Å². The molecule has 1 aromatic rings. The third kappa shape index (κ3) is 5.06. The van der Waals surface area contributed by atoms with Gasteiger partial charge >= 0.3 is 0 Å². The van der Waals surface area contributed by atoms with Crippen LogP contribution in [0.5, 0.6) is 0 Å². The van der Waals surface area contributed by atoms with Gasteiger partial charge in [0.1, 0.15) is 0 Å². The standard InChI is InChI=1S/C12H20IN3O/c1-10-11(9-16(2)15-10)12(17)14-8-6-4-3-5-7-13/h9H,3-8H2,1-2H3,(H,14,17). The lowest BCUT2D eigenvalue weighted by molar-refractivity contribution is 0.0952. The Morgan fingerprint density at radius 2 is 2.12 bits per heavy atom. The summed E-state index contributed by atoms with van der Waals surface area (Å²) in [6.45, 7) is 2.61. The number of nitrogens with one attached hydrogen (secondary N) is 1. The molecule has 0 aliphatic carbocycles. The first-order valence-electron chi connectivity index (χ1n) is 5.99. The quantitative estimate of drug-likeness (QED) is 0.467. The number of hydrogen-bond donors (Lipinski definition) is 1. The summed E-state index contributed by atoms with van der Waals surface area (Å²) in [4.78, 5) is 11.8. The SMILES string of the molecule is Cc1nn(C)cc1C(=O)NCCCCCCI. The summed E-state index contributed by atoms with van der Waals surface area (Å²) in [5, 5.41) is 7.09. The normalized spacial score (nSPS) is 10.5. The summed E-state index contributed by atoms with van der Waals surface area (Å²) in [6, 6.07) is 0. The van der Waals surface area contributed by atoms with Gasteiger partial charge in [-0.2, -0.15) is 5.10 Å². The third-order valence-electron chi connectivity index (χ3n) is 2.60. The van der Waals surface area contributed by atoms with Crippen molar-refractivity contribution in [1.82, 2.24) is 15.1 Å². The van der Waals surface area contributed by atoms with Crippen molar-refractivity contribution in [3.63, 3.8) is 0 Å². The lowest BCUT2D eigenvalue weighted by atomic mass is 10.2. The lowest BCUT2D eigenvalue weighted by Gasteiger charge is -2.03. The van der Waals surface area contributed by atoms with Crippen molar-refractivity contribution in [2.75, 3.05) is 11.0 Å². The van der Waals surface area contributed by atoms with Gasteiger partial charge in [-0.25, -0.2) is 0 Å². The van der Waals surface area contributed by atoms with Crippen LogP contribution in [-0.2, 0) is 7.05 Å². The van der Waals surface area contributed by atoms with Crippen LogP contribution in [0.15, 0.2) is 6.20 Å². The molecule has 1 N–H and O–H groups in total. The smallest absolute Gasteiger partial charge is 0.254 e. The van der Waals surface area contributed by atoms with Crippen LogP contribution in [0.2, 0.25) is 0 Å². The number of carbonyl (C=O) groups excluding carboxylic acids is 1. The molecule has 1 rings (SSSR count). The molecule has 0 aliphatic heterocycles. The molecular weight excluding hydrogens is 329 g/mol. The Kier molecular flexibility index (Phi) is 6.54. The van der Waals surface area contributed by atoms with Gasteiger partial charge in [0.05, 0.1) is 11.3 Å². The zero-order valence-corrected chi connectivity index (χ0v) is 12.7. The zero-order valence-electron chi connectivity index (χ0n) is 10.5. The second kappa shape index (κ2) is 7.68. The first-order chi connectivity index (χ1) is 8.15. The Hall–Kier alpha value is -0.590. The molecule has 0 unspecified atom stereocenters. The monoisotopic (exact) mass is 349 g/mol. The van der Waals surface area contributed by atoms with E-state index in [4.69, 9.17) is 0 Å². The first kappa shape index (κ1) is 14.5. The fraction of sp³-hybridized carbons (Fsp3) is 0.667. The van der Waals surface area contributed by atoms with E-state index in [1.165, 1.54) is 23.7 Å². The number of hydrogen-bond acceptors (Lipinski definition) is 2.